The van der Waals surface area contributed by atoms with Gasteiger partial charge in [0.15, 0.2) is 0 Å². The van der Waals surface area contributed by atoms with Crippen LogP contribution in [0.2, 0.25) is 0 Å². The van der Waals surface area contributed by atoms with E-state index in [1.165, 1.54) is 0 Å². The molecule has 0 saturated carbocycles. The Hall–Kier alpha value is -1.06. The summed E-state index contributed by atoms with van der Waals surface area (Å²) in [6, 6.07) is 0. The fourth-order valence-electron chi connectivity index (χ4n) is 3.15. The van der Waals surface area contributed by atoms with Crippen molar-refractivity contribution in [3.05, 3.63) is 0 Å². The van der Waals surface area contributed by atoms with Crippen LogP contribution in [0, 0.1) is 0 Å². The van der Waals surface area contributed by atoms with Gasteiger partial charge in [0.1, 0.15) is 0 Å². The SMILES string of the molecule is CC1CCCCCCCC(=O)OC(C)CCCCCCCC(=O)O1. The summed E-state index contributed by atoms with van der Waals surface area (Å²) in [6.45, 7) is 3.97. The number of esters is 2. The Morgan fingerprint density at radius 1 is 0.583 bits per heavy atom. The second kappa shape index (κ2) is 13.3. The van der Waals surface area contributed by atoms with Crippen molar-refractivity contribution in [2.24, 2.45) is 0 Å². The smallest absolute Gasteiger partial charge is 0.306 e. The van der Waals surface area contributed by atoms with Crippen molar-refractivity contribution in [1.29, 1.82) is 0 Å². The molecule has 1 saturated heterocycles. The summed E-state index contributed by atoms with van der Waals surface area (Å²) < 4.78 is 10.9. The van der Waals surface area contributed by atoms with Gasteiger partial charge in [-0.15, -0.1) is 0 Å². The Bertz CT molecular complexity index is 320. The Balaban J connectivity index is 2.32. The highest BCUT2D eigenvalue weighted by Crippen LogP contribution is 2.15. The molecular formula is C20H36O4. The van der Waals surface area contributed by atoms with Gasteiger partial charge in [0.25, 0.3) is 0 Å². The molecule has 4 nitrogen and oxygen atoms in total. The van der Waals surface area contributed by atoms with E-state index in [1.54, 1.807) is 0 Å². The van der Waals surface area contributed by atoms with Crippen LogP contribution < -0.4 is 0 Å². The van der Waals surface area contributed by atoms with Gasteiger partial charge >= 0.3 is 11.9 Å². The molecule has 0 aromatic heterocycles. The topological polar surface area (TPSA) is 52.6 Å². The van der Waals surface area contributed by atoms with Crippen LogP contribution in [-0.4, -0.2) is 24.1 Å². The van der Waals surface area contributed by atoms with E-state index in [2.05, 4.69) is 0 Å². The number of cyclic esters (lactones) is 2. The highest BCUT2D eigenvalue weighted by Gasteiger charge is 2.11. The highest BCUT2D eigenvalue weighted by molar-refractivity contribution is 5.69. The van der Waals surface area contributed by atoms with Crippen LogP contribution in [0.5, 0.6) is 0 Å². The third-order valence-corrected chi connectivity index (χ3v) is 4.65. The first-order chi connectivity index (χ1) is 11.6. The zero-order chi connectivity index (χ0) is 17.6. The van der Waals surface area contributed by atoms with Gasteiger partial charge in [-0.1, -0.05) is 38.5 Å². The highest BCUT2D eigenvalue weighted by atomic mass is 16.5. The van der Waals surface area contributed by atoms with E-state index in [-0.39, 0.29) is 24.1 Å². The van der Waals surface area contributed by atoms with Gasteiger partial charge in [-0.2, -0.15) is 0 Å². The molecule has 1 aliphatic rings. The summed E-state index contributed by atoms with van der Waals surface area (Å²) >= 11 is 0. The maximum absolute atomic E-state index is 11.8. The lowest BCUT2D eigenvalue weighted by Crippen LogP contribution is -2.15. The molecule has 2 atom stereocenters. The second-order valence-corrected chi connectivity index (χ2v) is 7.21. The summed E-state index contributed by atoms with van der Waals surface area (Å²) in [5.74, 6) is -0.0881. The average molecular weight is 341 g/mol. The van der Waals surface area contributed by atoms with Gasteiger partial charge in [-0.3, -0.25) is 9.59 Å². The lowest BCUT2D eigenvalue weighted by Gasteiger charge is -2.14. The maximum Gasteiger partial charge on any atom is 0.306 e. The molecule has 140 valence electrons. The van der Waals surface area contributed by atoms with Crippen molar-refractivity contribution in [3.8, 4) is 0 Å². The normalized spacial score (nSPS) is 27.8. The van der Waals surface area contributed by atoms with Gasteiger partial charge in [0.05, 0.1) is 12.2 Å². The third-order valence-electron chi connectivity index (χ3n) is 4.65. The van der Waals surface area contributed by atoms with E-state index in [4.69, 9.17) is 9.47 Å². The number of hydrogen-bond donors (Lipinski definition) is 0. The van der Waals surface area contributed by atoms with Crippen LogP contribution in [0.4, 0.5) is 0 Å². The predicted octanol–water partition coefficient (Wildman–Crippen LogP) is 5.32. The van der Waals surface area contributed by atoms with Gasteiger partial charge in [-0.05, 0) is 52.4 Å². The van der Waals surface area contributed by atoms with Gasteiger partial charge in [-0.25, -0.2) is 0 Å². The molecule has 1 aliphatic heterocycles. The Morgan fingerprint density at radius 3 is 1.33 bits per heavy atom. The third kappa shape index (κ3) is 11.5. The summed E-state index contributed by atoms with van der Waals surface area (Å²) in [6.07, 6.45) is 13.6. The molecule has 0 bridgehead atoms. The summed E-state index contributed by atoms with van der Waals surface area (Å²) in [5.41, 5.74) is 0. The molecule has 0 aromatic rings. The molecule has 0 radical (unpaired) electrons. The van der Waals surface area contributed by atoms with Crippen LogP contribution in [-0.2, 0) is 19.1 Å². The van der Waals surface area contributed by atoms with Gasteiger partial charge in [0, 0.05) is 12.8 Å². The first-order valence-corrected chi connectivity index (χ1v) is 9.97. The molecule has 0 N–H and O–H groups in total. The van der Waals surface area contributed by atoms with Crippen molar-refractivity contribution in [2.75, 3.05) is 0 Å². The minimum absolute atomic E-state index is 0.0274. The molecule has 0 amide bonds. The second-order valence-electron chi connectivity index (χ2n) is 7.21. The monoisotopic (exact) mass is 340 g/mol. The predicted molar refractivity (Wildman–Crippen MR) is 95.7 cm³/mol. The molecule has 1 heterocycles. The van der Waals surface area contributed by atoms with Crippen molar-refractivity contribution in [1.82, 2.24) is 0 Å². The zero-order valence-corrected chi connectivity index (χ0v) is 15.7. The molecule has 0 spiro atoms. The fourth-order valence-corrected chi connectivity index (χ4v) is 3.15. The van der Waals surface area contributed by atoms with Crippen molar-refractivity contribution in [3.63, 3.8) is 0 Å². The molecule has 0 aromatic carbocycles. The first kappa shape index (κ1) is 21.0. The van der Waals surface area contributed by atoms with E-state index in [0.717, 1.165) is 77.0 Å². The number of ether oxygens (including phenoxy) is 2. The van der Waals surface area contributed by atoms with Crippen molar-refractivity contribution in [2.45, 2.75) is 116 Å². The van der Waals surface area contributed by atoms with Crippen LogP contribution >= 0.6 is 0 Å². The minimum Gasteiger partial charge on any atom is -0.463 e. The summed E-state index contributed by atoms with van der Waals surface area (Å²) in [5, 5.41) is 0. The van der Waals surface area contributed by atoms with Crippen LogP contribution in [0.1, 0.15) is 104 Å². The molecule has 1 rings (SSSR count). The standard InChI is InChI=1S/C20H36O4/c1-17-13-9-5-3-7-12-16-20(22)24-18(2)14-10-6-4-8-11-15-19(21)23-17/h17-18H,3-16H2,1-2H3. The van der Waals surface area contributed by atoms with E-state index in [0.29, 0.717) is 12.8 Å². The largest absolute Gasteiger partial charge is 0.463 e. The molecule has 0 aliphatic carbocycles. The Kier molecular flexibility index (Phi) is 11.6. The Labute approximate surface area is 147 Å². The molecule has 1 fully saturated rings. The van der Waals surface area contributed by atoms with Crippen LogP contribution in [0.15, 0.2) is 0 Å². The number of carbonyl (C=O) groups excluding carboxylic acids is 2. The minimum atomic E-state index is -0.0440. The summed E-state index contributed by atoms with van der Waals surface area (Å²) in [7, 11) is 0. The fraction of sp³-hybridized carbons (Fsp3) is 0.900. The van der Waals surface area contributed by atoms with E-state index < -0.39 is 0 Å². The van der Waals surface area contributed by atoms with Crippen molar-refractivity contribution >= 4 is 11.9 Å². The number of hydrogen-bond acceptors (Lipinski definition) is 4. The number of carbonyl (C=O) groups is 2. The van der Waals surface area contributed by atoms with Crippen LogP contribution in [0.3, 0.4) is 0 Å². The molecule has 4 heteroatoms. The molecule has 24 heavy (non-hydrogen) atoms. The Morgan fingerprint density at radius 2 is 0.917 bits per heavy atom. The van der Waals surface area contributed by atoms with E-state index in [1.807, 2.05) is 13.8 Å². The van der Waals surface area contributed by atoms with Crippen LogP contribution in [0.25, 0.3) is 0 Å². The van der Waals surface area contributed by atoms with Gasteiger partial charge in [0.2, 0.25) is 0 Å². The number of rotatable bonds is 0. The summed E-state index contributed by atoms with van der Waals surface area (Å²) in [4.78, 5) is 23.5. The van der Waals surface area contributed by atoms with Crippen molar-refractivity contribution < 1.29 is 19.1 Å². The molecular weight excluding hydrogens is 304 g/mol. The zero-order valence-electron chi connectivity index (χ0n) is 15.7. The lowest BCUT2D eigenvalue weighted by molar-refractivity contribution is -0.149. The molecule has 2 unspecified atom stereocenters. The van der Waals surface area contributed by atoms with Gasteiger partial charge < -0.3 is 9.47 Å². The quantitative estimate of drug-likeness (QED) is 0.560. The van der Waals surface area contributed by atoms with E-state index >= 15 is 0 Å². The van der Waals surface area contributed by atoms with E-state index in [9.17, 15) is 9.59 Å². The average Bonchev–Trinajstić information content (AvgIpc) is 2.52. The maximum atomic E-state index is 11.8. The lowest BCUT2D eigenvalue weighted by atomic mass is 10.1. The first-order valence-electron chi connectivity index (χ1n) is 9.97.